The van der Waals surface area contributed by atoms with Crippen LogP contribution in [0.2, 0.25) is 0 Å². The van der Waals surface area contributed by atoms with Crippen LogP contribution >= 0.6 is 0 Å². The Hall–Kier alpha value is -2.69. The van der Waals surface area contributed by atoms with Crippen molar-refractivity contribution in [3.63, 3.8) is 0 Å². The third kappa shape index (κ3) is 3.74. The fourth-order valence-electron chi connectivity index (χ4n) is 2.55. The second kappa shape index (κ2) is 7.05. The minimum Gasteiger partial charge on any atom is -0.493 e. The van der Waals surface area contributed by atoms with Crippen molar-refractivity contribution in [2.45, 2.75) is 6.42 Å². The molecule has 0 bridgehead atoms. The molecule has 1 heterocycles. The Morgan fingerprint density at radius 1 is 1.00 bits per heavy atom. The van der Waals surface area contributed by atoms with Gasteiger partial charge < -0.3 is 20.1 Å². The summed E-state index contributed by atoms with van der Waals surface area (Å²) < 4.78 is 10.6. The Morgan fingerprint density at radius 2 is 1.74 bits per heavy atom. The quantitative estimate of drug-likeness (QED) is 0.891. The highest BCUT2D eigenvalue weighted by Crippen LogP contribution is 2.28. The van der Waals surface area contributed by atoms with Gasteiger partial charge in [-0.25, -0.2) is 0 Å². The van der Waals surface area contributed by atoms with Crippen molar-refractivity contribution in [1.82, 2.24) is 5.32 Å². The molecule has 0 amide bonds. The Labute approximate surface area is 136 Å². The number of nitrogens with one attached hydrogen (secondary N) is 2. The topological polar surface area (TPSA) is 54.9 Å². The lowest BCUT2D eigenvalue weighted by atomic mass is 10.0. The smallest absolute Gasteiger partial charge is 0.195 e. The van der Waals surface area contributed by atoms with Gasteiger partial charge in [0.2, 0.25) is 0 Å². The zero-order valence-corrected chi connectivity index (χ0v) is 13.4. The van der Waals surface area contributed by atoms with Crippen molar-refractivity contribution in [3.8, 4) is 11.5 Å². The maximum atomic E-state index is 5.35. The van der Waals surface area contributed by atoms with Crippen LogP contribution in [0.15, 0.2) is 47.5 Å². The van der Waals surface area contributed by atoms with Gasteiger partial charge in [0.25, 0.3) is 0 Å². The Kier molecular flexibility index (Phi) is 4.66. The molecule has 0 saturated carbocycles. The number of rotatable bonds is 5. The monoisotopic (exact) mass is 311 g/mol. The molecule has 120 valence electrons. The van der Waals surface area contributed by atoms with Crippen molar-refractivity contribution in [1.29, 1.82) is 0 Å². The summed E-state index contributed by atoms with van der Waals surface area (Å²) in [6, 6.07) is 14.4. The number of benzene rings is 2. The first-order chi connectivity index (χ1) is 11.3. The molecular formula is C18H21N3O2. The summed E-state index contributed by atoms with van der Waals surface area (Å²) in [5.74, 6) is 2.35. The van der Waals surface area contributed by atoms with Gasteiger partial charge in [-0.3, -0.25) is 4.99 Å². The maximum Gasteiger partial charge on any atom is 0.195 e. The molecule has 0 aromatic heterocycles. The maximum absolute atomic E-state index is 5.35. The van der Waals surface area contributed by atoms with E-state index in [1.807, 2.05) is 12.1 Å². The van der Waals surface area contributed by atoms with Gasteiger partial charge in [-0.15, -0.1) is 0 Å². The van der Waals surface area contributed by atoms with E-state index in [4.69, 9.17) is 9.47 Å². The average Bonchev–Trinajstić information content (AvgIpc) is 3.09. The third-order valence-electron chi connectivity index (χ3n) is 3.75. The summed E-state index contributed by atoms with van der Waals surface area (Å²) in [5, 5.41) is 6.46. The first kappa shape index (κ1) is 15.2. The second-order valence-electron chi connectivity index (χ2n) is 5.35. The molecular weight excluding hydrogens is 290 g/mol. The van der Waals surface area contributed by atoms with Crippen molar-refractivity contribution < 1.29 is 9.47 Å². The zero-order chi connectivity index (χ0) is 16.1. The second-order valence-corrected chi connectivity index (χ2v) is 5.35. The summed E-state index contributed by atoms with van der Waals surface area (Å²) in [7, 11) is 3.30. The van der Waals surface area contributed by atoms with E-state index in [1.54, 1.807) is 14.2 Å². The van der Waals surface area contributed by atoms with Gasteiger partial charge in [0.1, 0.15) is 0 Å². The molecule has 0 aliphatic carbocycles. The van der Waals surface area contributed by atoms with Crippen LogP contribution in [0.4, 0.5) is 5.69 Å². The molecule has 2 aromatic carbocycles. The largest absolute Gasteiger partial charge is 0.493 e. The lowest BCUT2D eigenvalue weighted by Gasteiger charge is -2.10. The van der Waals surface area contributed by atoms with Gasteiger partial charge >= 0.3 is 0 Å². The molecule has 5 heteroatoms. The number of aliphatic imine (C=N–C) groups is 1. The molecule has 0 radical (unpaired) electrons. The zero-order valence-electron chi connectivity index (χ0n) is 13.4. The van der Waals surface area contributed by atoms with Crippen molar-refractivity contribution >= 4 is 11.6 Å². The molecule has 5 nitrogen and oxygen atoms in total. The van der Waals surface area contributed by atoms with E-state index < -0.39 is 0 Å². The van der Waals surface area contributed by atoms with Gasteiger partial charge in [-0.2, -0.15) is 0 Å². The molecule has 1 aliphatic rings. The molecule has 0 unspecified atom stereocenters. The highest BCUT2D eigenvalue weighted by molar-refractivity contribution is 5.94. The van der Waals surface area contributed by atoms with Crippen LogP contribution in [0.25, 0.3) is 0 Å². The van der Waals surface area contributed by atoms with E-state index in [2.05, 4.69) is 46.0 Å². The van der Waals surface area contributed by atoms with E-state index in [1.165, 1.54) is 11.1 Å². The summed E-state index contributed by atoms with van der Waals surface area (Å²) in [6.45, 7) is 1.74. The van der Waals surface area contributed by atoms with Gasteiger partial charge in [0.15, 0.2) is 17.5 Å². The van der Waals surface area contributed by atoms with E-state index in [-0.39, 0.29) is 0 Å². The normalized spacial score (nSPS) is 13.2. The highest BCUT2D eigenvalue weighted by Gasteiger charge is 2.07. The fourth-order valence-corrected chi connectivity index (χ4v) is 2.55. The molecule has 0 saturated heterocycles. The average molecular weight is 311 g/mol. The minimum atomic E-state index is 0.751. The number of anilines is 1. The number of nitrogens with zero attached hydrogens (tertiary/aromatic N) is 1. The molecule has 2 N–H and O–H groups in total. The van der Waals surface area contributed by atoms with E-state index in [9.17, 15) is 0 Å². The lowest BCUT2D eigenvalue weighted by Crippen LogP contribution is -2.26. The van der Waals surface area contributed by atoms with Crippen LogP contribution in [0.1, 0.15) is 11.1 Å². The van der Waals surface area contributed by atoms with E-state index in [0.717, 1.165) is 42.7 Å². The lowest BCUT2D eigenvalue weighted by molar-refractivity contribution is 0.354. The van der Waals surface area contributed by atoms with Crippen LogP contribution in [0.3, 0.4) is 0 Å². The number of methoxy groups -OCH3 is 2. The van der Waals surface area contributed by atoms with Crippen molar-refractivity contribution in [2.24, 2.45) is 4.99 Å². The van der Waals surface area contributed by atoms with Crippen LogP contribution in [-0.4, -0.2) is 33.3 Å². The van der Waals surface area contributed by atoms with E-state index in [0.29, 0.717) is 0 Å². The first-order valence-corrected chi connectivity index (χ1v) is 7.63. The number of ether oxygens (including phenoxy) is 2. The predicted molar refractivity (Wildman–Crippen MR) is 92.7 cm³/mol. The van der Waals surface area contributed by atoms with Gasteiger partial charge in [0, 0.05) is 12.2 Å². The van der Waals surface area contributed by atoms with E-state index >= 15 is 0 Å². The molecule has 23 heavy (non-hydrogen) atoms. The minimum absolute atomic E-state index is 0.751. The first-order valence-electron chi connectivity index (χ1n) is 7.63. The van der Waals surface area contributed by atoms with Crippen LogP contribution in [0.5, 0.6) is 11.5 Å². The number of guanidine groups is 1. The van der Waals surface area contributed by atoms with Gasteiger partial charge in [-0.1, -0.05) is 18.2 Å². The van der Waals surface area contributed by atoms with Crippen molar-refractivity contribution in [3.05, 3.63) is 53.6 Å². The summed E-state index contributed by atoms with van der Waals surface area (Å²) >= 11 is 0. The summed E-state index contributed by atoms with van der Waals surface area (Å²) in [5.41, 5.74) is 3.46. The molecule has 0 fully saturated rings. The summed E-state index contributed by atoms with van der Waals surface area (Å²) in [4.78, 5) is 4.33. The predicted octanol–water partition coefficient (Wildman–Crippen LogP) is 2.67. The summed E-state index contributed by atoms with van der Waals surface area (Å²) in [6.07, 6.45) is 0.847. The SMILES string of the molecule is COc1ccc(Cc2ccc(NC3=NCCN3)cc2)cc1OC. The van der Waals surface area contributed by atoms with Crippen LogP contribution in [-0.2, 0) is 6.42 Å². The Bertz CT molecular complexity index is 696. The standard InChI is InChI=1S/C18H21N3O2/c1-22-16-8-5-14(12-17(16)23-2)11-13-3-6-15(7-4-13)21-18-19-9-10-20-18/h3-8,12H,9-11H2,1-2H3,(H2,19,20,21). The Morgan fingerprint density at radius 3 is 2.39 bits per heavy atom. The number of hydrogen-bond donors (Lipinski definition) is 2. The Balaban J connectivity index is 1.68. The highest BCUT2D eigenvalue weighted by atomic mass is 16.5. The molecule has 3 rings (SSSR count). The third-order valence-corrected chi connectivity index (χ3v) is 3.75. The van der Waals surface area contributed by atoms with Crippen LogP contribution < -0.4 is 20.1 Å². The molecule has 2 aromatic rings. The number of hydrogen-bond acceptors (Lipinski definition) is 5. The van der Waals surface area contributed by atoms with Gasteiger partial charge in [0.05, 0.1) is 20.8 Å². The van der Waals surface area contributed by atoms with Crippen LogP contribution in [0, 0.1) is 0 Å². The van der Waals surface area contributed by atoms with Crippen molar-refractivity contribution in [2.75, 3.05) is 32.6 Å². The fraction of sp³-hybridized carbons (Fsp3) is 0.278. The molecule has 1 aliphatic heterocycles. The van der Waals surface area contributed by atoms with Gasteiger partial charge in [-0.05, 0) is 41.8 Å². The molecule has 0 atom stereocenters. The molecule has 0 spiro atoms.